The monoisotopic (exact) mass is 542 g/mol. The first-order valence-electron chi connectivity index (χ1n) is 14.2. The number of ether oxygens (including phenoxy) is 2. The van der Waals surface area contributed by atoms with Crippen molar-refractivity contribution in [1.82, 2.24) is 0 Å². The first-order valence-corrected chi connectivity index (χ1v) is 14.2. The van der Waals surface area contributed by atoms with E-state index >= 15 is 0 Å². The van der Waals surface area contributed by atoms with E-state index in [1.54, 1.807) is 36.4 Å². The molecule has 210 valence electrons. The molecule has 4 rings (SSSR count). The lowest BCUT2D eigenvalue weighted by atomic mass is 9.79. The molecular weight excluding hydrogens is 504 g/mol. The van der Waals surface area contributed by atoms with Gasteiger partial charge in [0.25, 0.3) is 0 Å². The van der Waals surface area contributed by atoms with E-state index in [4.69, 9.17) is 9.47 Å². The molecule has 39 heavy (non-hydrogen) atoms. The van der Waals surface area contributed by atoms with Crippen LogP contribution in [0, 0.1) is 29.2 Å². The topological polar surface area (TPSA) is 18.5 Å². The Morgan fingerprint density at radius 3 is 2.13 bits per heavy atom. The van der Waals surface area contributed by atoms with Gasteiger partial charge < -0.3 is 9.47 Å². The molecule has 6 heteroatoms. The van der Waals surface area contributed by atoms with Gasteiger partial charge >= 0.3 is 0 Å². The summed E-state index contributed by atoms with van der Waals surface area (Å²) < 4.78 is 70.2. The van der Waals surface area contributed by atoms with Crippen molar-refractivity contribution in [3.63, 3.8) is 0 Å². The van der Waals surface area contributed by atoms with E-state index in [1.165, 1.54) is 12.1 Å². The third-order valence-electron chi connectivity index (χ3n) is 7.76. The van der Waals surface area contributed by atoms with Gasteiger partial charge in [-0.1, -0.05) is 76.6 Å². The van der Waals surface area contributed by atoms with Gasteiger partial charge in [0.2, 0.25) is 5.82 Å². The van der Waals surface area contributed by atoms with Gasteiger partial charge in [-0.15, -0.1) is 0 Å². The molecule has 1 aliphatic rings. The molecule has 2 nitrogen and oxygen atoms in total. The maximum atomic E-state index is 14.8. The molecule has 0 atom stereocenters. The molecule has 3 aromatic carbocycles. The van der Waals surface area contributed by atoms with Gasteiger partial charge in [-0.2, -0.15) is 4.39 Å². The van der Waals surface area contributed by atoms with Crippen LogP contribution in [0.25, 0.3) is 11.1 Å². The van der Waals surface area contributed by atoms with Crippen LogP contribution in [-0.4, -0.2) is 6.61 Å². The van der Waals surface area contributed by atoms with Crippen LogP contribution in [0.4, 0.5) is 17.6 Å². The lowest BCUT2D eigenvalue weighted by Gasteiger charge is -2.27. The molecule has 0 radical (unpaired) electrons. The van der Waals surface area contributed by atoms with Gasteiger partial charge in [-0.25, -0.2) is 13.2 Å². The second kappa shape index (κ2) is 13.9. The maximum Gasteiger partial charge on any atom is 0.201 e. The predicted octanol–water partition coefficient (Wildman–Crippen LogP) is 10.1. The molecule has 1 aliphatic carbocycles. The minimum Gasteiger partial charge on any atom is -0.490 e. The third-order valence-corrected chi connectivity index (χ3v) is 7.76. The first-order chi connectivity index (χ1) is 18.9. The first kappa shape index (κ1) is 29.0. The fourth-order valence-corrected chi connectivity index (χ4v) is 5.25. The summed E-state index contributed by atoms with van der Waals surface area (Å²) in [6.07, 6.45) is 9.00. The van der Waals surface area contributed by atoms with Crippen LogP contribution in [-0.2, 0) is 6.61 Å². The highest BCUT2D eigenvalue weighted by atomic mass is 19.2. The second-order valence-electron chi connectivity index (χ2n) is 10.7. The van der Waals surface area contributed by atoms with E-state index < -0.39 is 23.3 Å². The van der Waals surface area contributed by atoms with E-state index in [9.17, 15) is 17.6 Å². The highest BCUT2D eigenvalue weighted by Crippen LogP contribution is 2.37. The summed E-state index contributed by atoms with van der Waals surface area (Å²) in [7, 11) is 0. The minimum atomic E-state index is -1.01. The van der Waals surface area contributed by atoms with Crippen molar-refractivity contribution in [2.75, 3.05) is 6.61 Å². The third kappa shape index (κ3) is 7.34. The Balaban J connectivity index is 1.35. The van der Waals surface area contributed by atoms with Gasteiger partial charge in [0.1, 0.15) is 12.4 Å². The smallest absolute Gasteiger partial charge is 0.201 e. The van der Waals surface area contributed by atoms with E-state index in [0.29, 0.717) is 29.4 Å². The van der Waals surface area contributed by atoms with Crippen molar-refractivity contribution in [2.45, 2.75) is 84.2 Å². The zero-order valence-electron chi connectivity index (χ0n) is 22.9. The van der Waals surface area contributed by atoms with Crippen molar-refractivity contribution in [2.24, 2.45) is 5.92 Å². The second-order valence-corrected chi connectivity index (χ2v) is 10.7. The van der Waals surface area contributed by atoms with Crippen molar-refractivity contribution in [3.05, 3.63) is 82.9 Å². The number of hydrogen-bond donors (Lipinski definition) is 0. The fourth-order valence-electron chi connectivity index (χ4n) is 5.25. The Morgan fingerprint density at radius 1 is 0.692 bits per heavy atom. The summed E-state index contributed by atoms with van der Waals surface area (Å²) in [4.78, 5) is 0. The molecule has 0 amide bonds. The Bertz CT molecular complexity index is 1220. The van der Waals surface area contributed by atoms with Crippen LogP contribution in [0.5, 0.6) is 11.5 Å². The van der Waals surface area contributed by atoms with Crippen LogP contribution in [0.1, 0.15) is 88.7 Å². The van der Waals surface area contributed by atoms with Crippen molar-refractivity contribution in [3.8, 4) is 22.6 Å². The van der Waals surface area contributed by atoms with E-state index in [2.05, 4.69) is 13.8 Å². The zero-order valence-corrected chi connectivity index (χ0v) is 22.9. The predicted molar refractivity (Wildman–Crippen MR) is 147 cm³/mol. The Kier molecular flexibility index (Phi) is 10.3. The molecular formula is C33H38F4O2. The van der Waals surface area contributed by atoms with Crippen molar-refractivity contribution < 1.29 is 27.0 Å². The Morgan fingerprint density at radius 2 is 1.41 bits per heavy atom. The highest BCUT2D eigenvalue weighted by Gasteiger charge is 2.25. The number of benzene rings is 3. The average Bonchev–Trinajstić information content (AvgIpc) is 2.95. The molecule has 1 fully saturated rings. The number of rotatable bonds is 12. The summed E-state index contributed by atoms with van der Waals surface area (Å²) in [5.74, 6) is -2.64. The van der Waals surface area contributed by atoms with Gasteiger partial charge in [-0.3, -0.25) is 0 Å². The van der Waals surface area contributed by atoms with Crippen LogP contribution >= 0.6 is 0 Å². The lowest BCUT2D eigenvalue weighted by molar-refractivity contribution is 0.285. The molecule has 1 saturated carbocycles. The molecule has 0 aromatic heterocycles. The average molecular weight is 543 g/mol. The van der Waals surface area contributed by atoms with E-state index in [0.717, 1.165) is 57.8 Å². The fraction of sp³-hybridized carbons (Fsp3) is 0.455. The molecule has 0 aliphatic heterocycles. The van der Waals surface area contributed by atoms with Crippen molar-refractivity contribution in [1.29, 1.82) is 0 Å². The summed E-state index contributed by atoms with van der Waals surface area (Å²) in [6, 6.07) is 12.6. The molecule has 3 aromatic rings. The van der Waals surface area contributed by atoms with Gasteiger partial charge in [0.05, 0.1) is 6.61 Å². The lowest BCUT2D eigenvalue weighted by Crippen LogP contribution is -2.13. The summed E-state index contributed by atoms with van der Waals surface area (Å²) in [5.41, 5.74) is 1.16. The normalized spacial score (nSPS) is 17.3. The van der Waals surface area contributed by atoms with Crippen LogP contribution in [0.15, 0.2) is 48.5 Å². The Hall–Kier alpha value is -3.02. The number of unbranched alkanes of at least 4 members (excludes halogenated alkanes) is 4. The summed E-state index contributed by atoms with van der Waals surface area (Å²) >= 11 is 0. The Labute approximate surface area is 229 Å². The molecule has 0 N–H and O–H groups in total. The summed E-state index contributed by atoms with van der Waals surface area (Å²) in [6.45, 7) is 4.53. The van der Waals surface area contributed by atoms with Crippen LogP contribution in [0.3, 0.4) is 0 Å². The summed E-state index contributed by atoms with van der Waals surface area (Å²) in [5, 5.41) is 0. The zero-order chi connectivity index (χ0) is 27.8. The van der Waals surface area contributed by atoms with Crippen molar-refractivity contribution >= 4 is 0 Å². The molecule has 0 saturated heterocycles. The minimum absolute atomic E-state index is 0.0552. The van der Waals surface area contributed by atoms with E-state index in [-0.39, 0.29) is 29.4 Å². The maximum absolute atomic E-state index is 14.8. The van der Waals surface area contributed by atoms with Crippen LogP contribution < -0.4 is 9.47 Å². The number of hydrogen-bond acceptors (Lipinski definition) is 2. The van der Waals surface area contributed by atoms with Crippen LogP contribution in [0.2, 0.25) is 0 Å². The molecule has 0 unspecified atom stereocenters. The molecule has 0 heterocycles. The number of halogens is 4. The molecule has 0 bridgehead atoms. The van der Waals surface area contributed by atoms with Gasteiger partial charge in [-0.05, 0) is 66.5 Å². The van der Waals surface area contributed by atoms with E-state index in [1.807, 2.05) is 0 Å². The SMILES string of the molecule is CCCCCCCOc1ccc(-c2ccc(OCc3ccc(C4CCC(C)CC4)c(F)c3F)cc2)c(F)c1F. The van der Waals surface area contributed by atoms with Gasteiger partial charge in [0, 0.05) is 11.1 Å². The largest absolute Gasteiger partial charge is 0.490 e. The highest BCUT2D eigenvalue weighted by molar-refractivity contribution is 5.66. The quantitative estimate of drug-likeness (QED) is 0.167. The molecule has 0 spiro atoms. The standard InChI is InChI=1S/C33H38F4O2/c1-3-4-5-6-7-20-38-29-19-18-28(32(36)33(29)37)24-12-15-26(16-13-24)39-21-25-14-17-27(31(35)30(25)34)23-10-8-22(2)9-11-23/h12-19,22-23H,3-11,20-21H2,1-2H3. The van der Waals surface area contributed by atoms with Gasteiger partial charge in [0.15, 0.2) is 23.2 Å².